The third-order valence-corrected chi connectivity index (χ3v) is 4.72. The highest BCUT2D eigenvalue weighted by molar-refractivity contribution is 6.09. The maximum Gasteiger partial charge on any atom is 0.255 e. The van der Waals surface area contributed by atoms with Crippen molar-refractivity contribution in [2.45, 2.75) is 19.4 Å². The van der Waals surface area contributed by atoms with Gasteiger partial charge in [0.15, 0.2) is 0 Å². The van der Waals surface area contributed by atoms with Gasteiger partial charge in [0, 0.05) is 5.56 Å². The van der Waals surface area contributed by atoms with Crippen LogP contribution in [0.3, 0.4) is 0 Å². The molecule has 2 aromatic carbocycles. The second-order valence-corrected chi connectivity index (χ2v) is 7.04. The molecule has 0 radical (unpaired) electrons. The van der Waals surface area contributed by atoms with Crippen LogP contribution >= 0.6 is 0 Å². The number of nitrogens with one attached hydrogen (secondary N) is 2. The molecule has 1 aliphatic carbocycles. The van der Waals surface area contributed by atoms with Gasteiger partial charge < -0.3 is 19.8 Å². The Balaban J connectivity index is 1.39. The lowest BCUT2D eigenvalue weighted by Gasteiger charge is -2.11. The maximum atomic E-state index is 12.6. The minimum absolute atomic E-state index is 0.274. The van der Waals surface area contributed by atoms with Crippen LogP contribution in [0.5, 0.6) is 5.75 Å². The lowest BCUT2D eigenvalue weighted by atomic mass is 10.1. The summed E-state index contributed by atoms with van der Waals surface area (Å²) in [6, 6.07) is 17.5. The number of para-hydroxylation sites is 1. The second kappa shape index (κ2) is 8.65. The predicted molar refractivity (Wildman–Crippen MR) is 109 cm³/mol. The van der Waals surface area contributed by atoms with Gasteiger partial charge in [0.05, 0.1) is 30.7 Å². The molecule has 3 aromatic rings. The zero-order valence-electron chi connectivity index (χ0n) is 15.9. The standard InChI is InChI=1S/C23H22N2O4/c26-22(17-9-11-18(12-10-17)29-15-16-7-8-16)25-21-6-2-1-5-20(21)23(27)24-14-19-4-3-13-28-19/h1-6,9-13,16H,7-8,14-15H2,(H,24,27)(H,25,26). The van der Waals surface area contributed by atoms with Crippen LogP contribution in [0.2, 0.25) is 0 Å². The smallest absolute Gasteiger partial charge is 0.255 e. The van der Waals surface area contributed by atoms with E-state index in [2.05, 4.69) is 10.6 Å². The Morgan fingerprint density at radius 1 is 0.966 bits per heavy atom. The fraction of sp³-hybridized carbons (Fsp3) is 0.217. The largest absolute Gasteiger partial charge is 0.493 e. The molecule has 1 aliphatic rings. The van der Waals surface area contributed by atoms with Crippen LogP contribution in [0.15, 0.2) is 71.3 Å². The monoisotopic (exact) mass is 390 g/mol. The van der Waals surface area contributed by atoms with Crippen molar-refractivity contribution < 1.29 is 18.7 Å². The number of rotatable bonds is 8. The molecule has 6 nitrogen and oxygen atoms in total. The Labute approximate surface area is 168 Å². The Kier molecular flexibility index (Phi) is 5.61. The number of hydrogen-bond donors (Lipinski definition) is 2. The van der Waals surface area contributed by atoms with Gasteiger partial charge in [0.25, 0.3) is 11.8 Å². The number of carbonyl (C=O) groups is 2. The predicted octanol–water partition coefficient (Wildman–Crippen LogP) is 4.25. The molecule has 1 saturated carbocycles. The number of anilines is 1. The summed E-state index contributed by atoms with van der Waals surface area (Å²) in [4.78, 5) is 25.2. The molecule has 4 rings (SSSR count). The van der Waals surface area contributed by atoms with Crippen LogP contribution in [0.4, 0.5) is 5.69 Å². The topological polar surface area (TPSA) is 80.6 Å². The van der Waals surface area contributed by atoms with Gasteiger partial charge in [-0.25, -0.2) is 0 Å². The van der Waals surface area contributed by atoms with Crippen molar-refractivity contribution in [3.63, 3.8) is 0 Å². The Hall–Kier alpha value is -3.54. The molecular formula is C23H22N2O4. The average molecular weight is 390 g/mol. The van der Waals surface area contributed by atoms with Gasteiger partial charge in [-0.3, -0.25) is 9.59 Å². The highest BCUT2D eigenvalue weighted by atomic mass is 16.5. The highest BCUT2D eigenvalue weighted by Gasteiger charge is 2.22. The third-order valence-electron chi connectivity index (χ3n) is 4.72. The number of furan rings is 1. The van der Waals surface area contributed by atoms with Crippen LogP contribution in [0.1, 0.15) is 39.3 Å². The van der Waals surface area contributed by atoms with E-state index in [4.69, 9.17) is 9.15 Å². The number of hydrogen-bond acceptors (Lipinski definition) is 4. The van der Waals surface area contributed by atoms with Crippen LogP contribution in [-0.2, 0) is 6.54 Å². The van der Waals surface area contributed by atoms with E-state index in [1.165, 1.54) is 12.8 Å². The molecule has 0 aliphatic heterocycles. The zero-order chi connectivity index (χ0) is 20.1. The van der Waals surface area contributed by atoms with Crippen molar-refractivity contribution >= 4 is 17.5 Å². The highest BCUT2D eigenvalue weighted by Crippen LogP contribution is 2.29. The summed E-state index contributed by atoms with van der Waals surface area (Å²) in [7, 11) is 0. The number of amides is 2. The molecule has 2 amide bonds. The molecule has 2 N–H and O–H groups in total. The van der Waals surface area contributed by atoms with Gasteiger partial charge in [-0.2, -0.15) is 0 Å². The molecule has 0 bridgehead atoms. The zero-order valence-corrected chi connectivity index (χ0v) is 15.9. The molecule has 0 saturated heterocycles. The van der Waals surface area contributed by atoms with Gasteiger partial charge >= 0.3 is 0 Å². The van der Waals surface area contributed by atoms with E-state index in [9.17, 15) is 9.59 Å². The second-order valence-electron chi connectivity index (χ2n) is 7.04. The summed E-state index contributed by atoms with van der Waals surface area (Å²) >= 11 is 0. The summed E-state index contributed by atoms with van der Waals surface area (Å²) in [6.45, 7) is 1.00. The number of benzene rings is 2. The van der Waals surface area contributed by atoms with Crippen molar-refractivity contribution in [2.75, 3.05) is 11.9 Å². The first-order valence-corrected chi connectivity index (χ1v) is 9.63. The van der Waals surface area contributed by atoms with E-state index in [0.717, 1.165) is 12.4 Å². The first-order chi connectivity index (χ1) is 14.2. The van der Waals surface area contributed by atoms with Crippen LogP contribution in [-0.4, -0.2) is 18.4 Å². The summed E-state index contributed by atoms with van der Waals surface area (Å²) in [5, 5.41) is 5.61. The van der Waals surface area contributed by atoms with Crippen molar-refractivity contribution in [1.29, 1.82) is 0 Å². The first-order valence-electron chi connectivity index (χ1n) is 9.63. The van der Waals surface area contributed by atoms with Crippen molar-refractivity contribution in [3.8, 4) is 5.75 Å². The SMILES string of the molecule is O=C(Nc1ccccc1C(=O)NCc1ccco1)c1ccc(OCC2CC2)cc1. The quantitative estimate of drug-likeness (QED) is 0.603. The number of ether oxygens (including phenoxy) is 1. The minimum atomic E-state index is -0.291. The number of carbonyl (C=O) groups excluding carboxylic acids is 2. The summed E-state index contributed by atoms with van der Waals surface area (Å²) < 4.78 is 10.9. The van der Waals surface area contributed by atoms with E-state index in [-0.39, 0.29) is 18.4 Å². The van der Waals surface area contributed by atoms with E-state index in [1.54, 1.807) is 66.9 Å². The third kappa shape index (κ3) is 5.04. The lowest BCUT2D eigenvalue weighted by molar-refractivity contribution is 0.0949. The molecule has 148 valence electrons. The van der Waals surface area contributed by atoms with Crippen LogP contribution in [0.25, 0.3) is 0 Å². The Morgan fingerprint density at radius 3 is 2.48 bits per heavy atom. The molecule has 0 atom stereocenters. The molecule has 1 fully saturated rings. The van der Waals surface area contributed by atoms with Crippen LogP contribution < -0.4 is 15.4 Å². The minimum Gasteiger partial charge on any atom is -0.493 e. The summed E-state index contributed by atoms with van der Waals surface area (Å²) in [5.41, 5.74) is 1.33. The van der Waals surface area contributed by atoms with Crippen LogP contribution in [0, 0.1) is 5.92 Å². The van der Waals surface area contributed by atoms with Gasteiger partial charge in [-0.05, 0) is 67.3 Å². The molecule has 6 heteroatoms. The first kappa shape index (κ1) is 18.8. The normalized spacial score (nSPS) is 13.0. The van der Waals surface area contributed by atoms with Gasteiger partial charge in [0.1, 0.15) is 11.5 Å². The molecule has 1 aromatic heterocycles. The fourth-order valence-electron chi connectivity index (χ4n) is 2.86. The maximum absolute atomic E-state index is 12.6. The van der Waals surface area contributed by atoms with Gasteiger partial charge in [-0.15, -0.1) is 0 Å². The molecule has 29 heavy (non-hydrogen) atoms. The molecule has 0 spiro atoms. The van der Waals surface area contributed by atoms with Crippen molar-refractivity contribution in [3.05, 3.63) is 83.8 Å². The van der Waals surface area contributed by atoms with Crippen molar-refractivity contribution in [1.82, 2.24) is 5.32 Å². The lowest BCUT2D eigenvalue weighted by Crippen LogP contribution is -2.24. The fourth-order valence-corrected chi connectivity index (χ4v) is 2.86. The average Bonchev–Trinajstić information content (AvgIpc) is 3.44. The van der Waals surface area contributed by atoms with E-state index in [0.29, 0.717) is 28.5 Å². The van der Waals surface area contributed by atoms with E-state index < -0.39 is 0 Å². The summed E-state index contributed by atoms with van der Waals surface area (Å²) in [6.07, 6.45) is 4.02. The van der Waals surface area contributed by atoms with Crippen molar-refractivity contribution in [2.24, 2.45) is 5.92 Å². The summed E-state index contributed by atoms with van der Waals surface area (Å²) in [5.74, 6) is 1.51. The molecule has 0 unspecified atom stereocenters. The Bertz CT molecular complexity index is 976. The Morgan fingerprint density at radius 2 is 1.76 bits per heavy atom. The van der Waals surface area contributed by atoms with E-state index >= 15 is 0 Å². The molecule has 1 heterocycles. The molecular weight excluding hydrogens is 368 g/mol. The van der Waals surface area contributed by atoms with Gasteiger partial charge in [0.2, 0.25) is 0 Å². The van der Waals surface area contributed by atoms with Gasteiger partial charge in [-0.1, -0.05) is 12.1 Å². The van der Waals surface area contributed by atoms with E-state index in [1.807, 2.05) is 0 Å².